The lowest BCUT2D eigenvalue weighted by molar-refractivity contribution is 0.520. The highest BCUT2D eigenvalue weighted by Crippen LogP contribution is 2.16. The molecule has 0 saturated heterocycles. The molecule has 2 nitrogen and oxygen atoms in total. The van der Waals surface area contributed by atoms with Crippen LogP contribution in [-0.4, -0.2) is 9.55 Å². The Morgan fingerprint density at radius 2 is 1.00 bits per heavy atom. The minimum atomic E-state index is 1.10. The molecule has 0 fully saturated rings. The van der Waals surface area contributed by atoms with E-state index < -0.39 is 0 Å². The second-order valence-corrected chi connectivity index (χ2v) is 11.8. The molecular formula is C36H62N2. The fraction of sp³-hybridized carbons (Fsp3) is 0.750. The van der Waals surface area contributed by atoms with Crippen LogP contribution in [0, 0.1) is 0 Å². The number of aromatic nitrogens is 2. The predicted molar refractivity (Wildman–Crippen MR) is 168 cm³/mol. The smallest absolute Gasteiger partial charge is 0.108 e. The molecule has 216 valence electrons. The highest BCUT2D eigenvalue weighted by Gasteiger charge is 2.08. The fourth-order valence-electron chi connectivity index (χ4n) is 5.69. The van der Waals surface area contributed by atoms with Crippen molar-refractivity contribution in [2.45, 2.75) is 174 Å². The van der Waals surface area contributed by atoms with Crippen molar-refractivity contribution in [3.63, 3.8) is 0 Å². The van der Waals surface area contributed by atoms with Gasteiger partial charge in [-0.3, -0.25) is 0 Å². The van der Waals surface area contributed by atoms with Gasteiger partial charge in [0, 0.05) is 19.2 Å². The van der Waals surface area contributed by atoms with Crippen molar-refractivity contribution in [1.82, 2.24) is 9.55 Å². The summed E-state index contributed by atoms with van der Waals surface area (Å²) in [5, 5.41) is 0. The first-order valence-electron chi connectivity index (χ1n) is 16.9. The predicted octanol–water partition coefficient (Wildman–Crippen LogP) is 11.4. The lowest BCUT2D eigenvalue weighted by atomic mass is 10.1. The molecule has 1 aromatic carbocycles. The molecule has 2 aromatic rings. The average Bonchev–Trinajstić information content (AvgIpc) is 3.32. The first-order valence-corrected chi connectivity index (χ1v) is 16.9. The molecule has 0 spiro atoms. The van der Waals surface area contributed by atoms with E-state index in [0.717, 1.165) is 25.8 Å². The van der Waals surface area contributed by atoms with E-state index in [2.05, 4.69) is 54.9 Å². The van der Waals surface area contributed by atoms with Crippen LogP contribution in [0.15, 0.2) is 36.5 Å². The summed E-state index contributed by atoms with van der Waals surface area (Å²) in [6, 6.07) is 10.9. The summed E-state index contributed by atoms with van der Waals surface area (Å²) in [5.41, 5.74) is 2.76. The third-order valence-electron chi connectivity index (χ3n) is 8.16. The molecule has 0 saturated carbocycles. The van der Waals surface area contributed by atoms with E-state index in [1.807, 2.05) is 0 Å². The maximum atomic E-state index is 5.14. The van der Waals surface area contributed by atoms with E-state index >= 15 is 0 Å². The van der Waals surface area contributed by atoms with Crippen molar-refractivity contribution >= 4 is 0 Å². The monoisotopic (exact) mass is 522 g/mol. The Balaban J connectivity index is 1.68. The van der Waals surface area contributed by atoms with Gasteiger partial charge in [0.1, 0.15) is 5.82 Å². The molecule has 0 amide bonds. The summed E-state index contributed by atoms with van der Waals surface area (Å²) in [7, 11) is 0. The molecular weight excluding hydrogens is 460 g/mol. The van der Waals surface area contributed by atoms with E-state index in [4.69, 9.17) is 4.98 Å². The van der Waals surface area contributed by atoms with Gasteiger partial charge in [-0.1, -0.05) is 160 Å². The van der Waals surface area contributed by atoms with Crippen molar-refractivity contribution in [3.8, 4) is 0 Å². The number of benzene rings is 1. The van der Waals surface area contributed by atoms with E-state index in [-0.39, 0.29) is 0 Å². The molecule has 38 heavy (non-hydrogen) atoms. The van der Waals surface area contributed by atoms with Crippen molar-refractivity contribution in [3.05, 3.63) is 53.6 Å². The molecule has 0 aliphatic rings. The third-order valence-corrected chi connectivity index (χ3v) is 8.16. The summed E-state index contributed by atoms with van der Waals surface area (Å²) in [6.45, 7) is 5.77. The molecule has 0 aliphatic carbocycles. The molecule has 2 heteroatoms. The summed E-state index contributed by atoms with van der Waals surface area (Å²) in [6.07, 6.45) is 35.0. The second kappa shape index (κ2) is 23.3. The highest BCUT2D eigenvalue weighted by molar-refractivity contribution is 5.15. The maximum Gasteiger partial charge on any atom is 0.108 e. The molecule has 0 radical (unpaired) electrons. The van der Waals surface area contributed by atoms with Crippen molar-refractivity contribution in [2.75, 3.05) is 0 Å². The van der Waals surface area contributed by atoms with Crippen molar-refractivity contribution < 1.29 is 0 Å². The summed E-state index contributed by atoms with van der Waals surface area (Å²) in [4.78, 5) is 5.14. The maximum absolute atomic E-state index is 5.14. The second-order valence-electron chi connectivity index (χ2n) is 11.8. The van der Waals surface area contributed by atoms with Gasteiger partial charge in [-0.25, -0.2) is 4.98 Å². The van der Waals surface area contributed by atoms with Gasteiger partial charge in [-0.15, -0.1) is 0 Å². The largest absolute Gasteiger partial charge is 0.335 e. The van der Waals surface area contributed by atoms with Crippen LogP contribution in [0.25, 0.3) is 0 Å². The Bertz CT molecular complexity index is 763. The molecule has 2 rings (SSSR count). The van der Waals surface area contributed by atoms with Gasteiger partial charge in [-0.2, -0.15) is 0 Å². The Hall–Kier alpha value is -1.57. The molecule has 1 heterocycles. The Morgan fingerprint density at radius 1 is 0.500 bits per heavy atom. The van der Waals surface area contributed by atoms with Crippen molar-refractivity contribution in [2.24, 2.45) is 0 Å². The van der Waals surface area contributed by atoms with E-state index in [1.54, 1.807) is 0 Å². The van der Waals surface area contributed by atoms with Crippen LogP contribution >= 0.6 is 0 Å². The van der Waals surface area contributed by atoms with Crippen LogP contribution in [0.5, 0.6) is 0 Å². The number of nitrogens with zero attached hydrogens (tertiary/aromatic N) is 2. The van der Waals surface area contributed by atoms with Crippen LogP contribution in [-0.2, 0) is 25.8 Å². The minimum Gasteiger partial charge on any atom is -0.335 e. The van der Waals surface area contributed by atoms with E-state index in [0.29, 0.717) is 0 Å². The quantitative estimate of drug-likeness (QED) is 0.112. The van der Waals surface area contributed by atoms with Crippen LogP contribution in [0.3, 0.4) is 0 Å². The van der Waals surface area contributed by atoms with Gasteiger partial charge in [0.2, 0.25) is 0 Å². The first-order chi connectivity index (χ1) is 18.8. The highest BCUT2D eigenvalue weighted by atomic mass is 15.1. The molecule has 0 unspecified atom stereocenters. The summed E-state index contributed by atoms with van der Waals surface area (Å²) in [5.74, 6) is 1.36. The first kappa shape index (κ1) is 32.6. The Morgan fingerprint density at radius 3 is 1.55 bits per heavy atom. The zero-order chi connectivity index (χ0) is 26.9. The van der Waals surface area contributed by atoms with Gasteiger partial charge >= 0.3 is 0 Å². The third kappa shape index (κ3) is 16.4. The summed E-state index contributed by atoms with van der Waals surface area (Å²) >= 11 is 0. The minimum absolute atomic E-state index is 1.10. The standard InChI is InChI=1S/C36H62N2/c1-3-5-7-9-11-13-14-16-18-20-25-32-38-33-35(30-26-29-34-27-22-21-23-28-34)37-36(38)31-24-19-17-15-12-10-8-6-4-2/h21-23,27-28,33H,3-20,24-26,29-32H2,1-2H3. The molecule has 0 aliphatic heterocycles. The zero-order valence-corrected chi connectivity index (χ0v) is 25.5. The van der Waals surface area contributed by atoms with Crippen LogP contribution in [0.2, 0.25) is 0 Å². The lowest BCUT2D eigenvalue weighted by Crippen LogP contribution is -2.03. The zero-order valence-electron chi connectivity index (χ0n) is 25.5. The fourth-order valence-corrected chi connectivity index (χ4v) is 5.69. The van der Waals surface area contributed by atoms with Gasteiger partial charge in [0.25, 0.3) is 0 Å². The number of unbranched alkanes of at least 4 members (excludes halogenated alkanes) is 18. The van der Waals surface area contributed by atoms with Crippen LogP contribution in [0.4, 0.5) is 0 Å². The lowest BCUT2D eigenvalue weighted by Gasteiger charge is -2.08. The average molecular weight is 523 g/mol. The van der Waals surface area contributed by atoms with E-state index in [1.165, 1.54) is 152 Å². The topological polar surface area (TPSA) is 17.8 Å². The van der Waals surface area contributed by atoms with Gasteiger partial charge in [0.05, 0.1) is 5.69 Å². The molecule has 0 atom stereocenters. The summed E-state index contributed by atoms with van der Waals surface area (Å²) < 4.78 is 2.52. The van der Waals surface area contributed by atoms with E-state index in [9.17, 15) is 0 Å². The Labute approximate surface area is 237 Å². The number of hydrogen-bond acceptors (Lipinski definition) is 1. The molecule has 1 aromatic heterocycles. The number of aryl methyl sites for hydroxylation is 4. The van der Waals surface area contributed by atoms with Crippen molar-refractivity contribution in [1.29, 1.82) is 0 Å². The molecule has 0 bridgehead atoms. The van der Waals surface area contributed by atoms with Crippen LogP contribution < -0.4 is 0 Å². The number of rotatable bonds is 26. The normalized spacial score (nSPS) is 11.4. The number of imidazole rings is 1. The SMILES string of the molecule is CCCCCCCCCCCCCn1cc(CCCc2ccccc2)nc1CCCCCCCCCCC. The van der Waals surface area contributed by atoms with Gasteiger partial charge in [-0.05, 0) is 37.7 Å². The molecule has 0 N–H and O–H groups in total. The van der Waals surface area contributed by atoms with Crippen LogP contribution in [0.1, 0.15) is 166 Å². The number of hydrogen-bond donors (Lipinski definition) is 0. The Kier molecular flexibility index (Phi) is 20.0. The van der Waals surface area contributed by atoms with Gasteiger partial charge < -0.3 is 4.57 Å². The van der Waals surface area contributed by atoms with Gasteiger partial charge in [0.15, 0.2) is 0 Å².